The van der Waals surface area contributed by atoms with Crippen LogP contribution < -0.4 is 0 Å². The average molecular weight is 462 g/mol. The van der Waals surface area contributed by atoms with E-state index in [4.69, 9.17) is 28.3 Å². The highest BCUT2D eigenvalue weighted by atomic mass is 35.5. The van der Waals surface area contributed by atoms with Gasteiger partial charge in [0.2, 0.25) is 0 Å². The van der Waals surface area contributed by atoms with Crippen molar-refractivity contribution in [2.45, 2.75) is 25.3 Å². The first kappa shape index (κ1) is 20.9. The molecule has 0 radical (unpaired) electrons. The molecule has 4 nitrogen and oxygen atoms in total. The Labute approximate surface area is 197 Å². The van der Waals surface area contributed by atoms with E-state index < -0.39 is 0 Å². The molecule has 0 saturated heterocycles. The van der Waals surface area contributed by atoms with Gasteiger partial charge in [0.25, 0.3) is 5.91 Å². The Balaban J connectivity index is 1.57. The van der Waals surface area contributed by atoms with Gasteiger partial charge in [-0.2, -0.15) is 5.10 Å². The van der Waals surface area contributed by atoms with Gasteiger partial charge in [-0.3, -0.25) is 9.78 Å². The number of amides is 1. The van der Waals surface area contributed by atoms with Gasteiger partial charge in [-0.25, -0.2) is 5.01 Å². The van der Waals surface area contributed by atoms with E-state index in [-0.39, 0.29) is 17.9 Å². The van der Waals surface area contributed by atoms with Crippen LogP contribution >= 0.6 is 23.2 Å². The minimum atomic E-state index is -0.196. The number of allylic oxidation sites excluding steroid dienone is 1. The molecule has 2 aliphatic rings. The summed E-state index contributed by atoms with van der Waals surface area (Å²) >= 11 is 12.2. The van der Waals surface area contributed by atoms with Crippen LogP contribution in [0.15, 0.2) is 83.6 Å². The highest BCUT2D eigenvalue weighted by Gasteiger charge is 2.44. The van der Waals surface area contributed by atoms with E-state index in [1.807, 2.05) is 54.6 Å². The first-order valence-electron chi connectivity index (χ1n) is 10.7. The van der Waals surface area contributed by atoms with Crippen molar-refractivity contribution in [3.8, 4) is 0 Å². The zero-order chi connectivity index (χ0) is 22.1. The van der Waals surface area contributed by atoms with Crippen LogP contribution in [0.2, 0.25) is 10.0 Å². The van der Waals surface area contributed by atoms with Crippen LogP contribution in [0, 0.1) is 5.92 Å². The second-order valence-electron chi connectivity index (χ2n) is 8.07. The standard InChI is InChI=1S/C26H21Cl2N3O/c27-20-11-7-17(8-12-20)16-19-4-3-5-22-24(19)30-31(26(32)23-6-1-2-15-29-23)25(22)18-9-13-21(28)14-10-18/h1-2,6-16,22,25H,3-5H2/b19-16+/t22-,25+/m1/s1. The number of aromatic nitrogens is 1. The summed E-state index contributed by atoms with van der Waals surface area (Å²) in [6.45, 7) is 0. The van der Waals surface area contributed by atoms with Crippen molar-refractivity contribution in [1.82, 2.24) is 9.99 Å². The summed E-state index contributed by atoms with van der Waals surface area (Å²) in [5.74, 6) is -0.0746. The fourth-order valence-corrected chi connectivity index (χ4v) is 4.78. The van der Waals surface area contributed by atoms with E-state index in [2.05, 4.69) is 11.1 Å². The Morgan fingerprint density at radius 3 is 2.38 bits per heavy atom. The molecular weight excluding hydrogens is 441 g/mol. The predicted octanol–water partition coefficient (Wildman–Crippen LogP) is 6.83. The van der Waals surface area contributed by atoms with Crippen molar-refractivity contribution in [2.75, 3.05) is 0 Å². The number of hydrogen-bond acceptors (Lipinski definition) is 3. The molecule has 160 valence electrons. The van der Waals surface area contributed by atoms with Gasteiger partial charge in [0.15, 0.2) is 0 Å². The summed E-state index contributed by atoms with van der Waals surface area (Å²) in [5, 5.41) is 7.89. The minimum absolute atomic E-state index is 0.121. The van der Waals surface area contributed by atoms with Crippen LogP contribution in [0.3, 0.4) is 0 Å². The van der Waals surface area contributed by atoms with Gasteiger partial charge < -0.3 is 0 Å². The maximum Gasteiger partial charge on any atom is 0.293 e. The number of hydrogen-bond donors (Lipinski definition) is 0. The minimum Gasteiger partial charge on any atom is -0.265 e. The molecular formula is C26H21Cl2N3O. The van der Waals surface area contributed by atoms with Gasteiger partial charge in [0, 0.05) is 22.2 Å². The van der Waals surface area contributed by atoms with Gasteiger partial charge in [-0.1, -0.05) is 53.5 Å². The molecule has 0 N–H and O–H groups in total. The third-order valence-corrected chi connectivity index (χ3v) is 6.52. The van der Waals surface area contributed by atoms with Crippen LogP contribution in [-0.2, 0) is 0 Å². The molecule has 6 heteroatoms. The number of rotatable bonds is 3. The summed E-state index contributed by atoms with van der Waals surface area (Å²) in [5.41, 5.74) is 4.63. The van der Waals surface area contributed by atoms with Gasteiger partial charge in [-0.15, -0.1) is 0 Å². The molecule has 1 aliphatic carbocycles. The van der Waals surface area contributed by atoms with E-state index in [1.54, 1.807) is 23.3 Å². The molecule has 2 atom stereocenters. The monoisotopic (exact) mass is 461 g/mol. The quantitative estimate of drug-likeness (QED) is 0.429. The maximum atomic E-state index is 13.4. The van der Waals surface area contributed by atoms with E-state index in [9.17, 15) is 4.79 Å². The van der Waals surface area contributed by atoms with Gasteiger partial charge >= 0.3 is 0 Å². The number of nitrogens with zero attached hydrogens (tertiary/aromatic N) is 3. The van der Waals surface area contributed by atoms with Crippen molar-refractivity contribution in [3.05, 3.63) is 105 Å². The SMILES string of the molecule is O=C(c1ccccn1)N1N=C2/C(=C/c3ccc(Cl)cc3)CCC[C@H]2[C@@H]1c1ccc(Cl)cc1. The number of carbonyl (C=O) groups excluding carboxylic acids is 1. The topological polar surface area (TPSA) is 45.6 Å². The molecule has 0 spiro atoms. The second kappa shape index (κ2) is 8.89. The Morgan fingerprint density at radius 1 is 0.969 bits per heavy atom. The van der Waals surface area contributed by atoms with E-state index in [0.29, 0.717) is 15.7 Å². The maximum absolute atomic E-state index is 13.4. The molecule has 1 aliphatic heterocycles. The summed E-state index contributed by atoms with van der Waals surface area (Å²) in [7, 11) is 0. The lowest BCUT2D eigenvalue weighted by Gasteiger charge is -2.29. The van der Waals surface area contributed by atoms with Crippen molar-refractivity contribution >= 4 is 40.9 Å². The molecule has 1 fully saturated rings. The fraction of sp³-hybridized carbons (Fsp3) is 0.192. The zero-order valence-corrected chi connectivity index (χ0v) is 18.8. The summed E-state index contributed by atoms with van der Waals surface area (Å²) < 4.78 is 0. The molecule has 1 aromatic heterocycles. The number of halogens is 2. The summed E-state index contributed by atoms with van der Waals surface area (Å²) in [4.78, 5) is 17.7. The van der Waals surface area contributed by atoms with Crippen molar-refractivity contribution in [1.29, 1.82) is 0 Å². The van der Waals surface area contributed by atoms with Crippen LogP contribution in [0.1, 0.15) is 46.9 Å². The zero-order valence-electron chi connectivity index (χ0n) is 17.3. The van der Waals surface area contributed by atoms with Crippen molar-refractivity contribution in [2.24, 2.45) is 11.0 Å². The first-order valence-corrected chi connectivity index (χ1v) is 11.4. The molecule has 32 heavy (non-hydrogen) atoms. The predicted molar refractivity (Wildman–Crippen MR) is 129 cm³/mol. The molecule has 0 unspecified atom stereocenters. The second-order valence-corrected chi connectivity index (χ2v) is 8.94. The van der Waals surface area contributed by atoms with E-state index in [1.165, 1.54) is 5.57 Å². The lowest BCUT2D eigenvalue weighted by molar-refractivity contribution is 0.0675. The molecule has 2 heterocycles. The number of benzene rings is 2. The number of carbonyl (C=O) groups is 1. The summed E-state index contributed by atoms with van der Waals surface area (Å²) in [6, 6.07) is 20.6. The highest BCUT2D eigenvalue weighted by Crippen LogP contribution is 2.45. The highest BCUT2D eigenvalue weighted by molar-refractivity contribution is 6.30. The number of pyridine rings is 1. The molecule has 1 saturated carbocycles. The van der Waals surface area contributed by atoms with Gasteiger partial charge in [-0.05, 0) is 78.4 Å². The third kappa shape index (κ3) is 4.08. The van der Waals surface area contributed by atoms with Crippen LogP contribution in [-0.4, -0.2) is 21.6 Å². The van der Waals surface area contributed by atoms with E-state index in [0.717, 1.165) is 36.1 Å². The van der Waals surface area contributed by atoms with Gasteiger partial charge in [0.1, 0.15) is 5.69 Å². The first-order chi connectivity index (χ1) is 15.6. The Morgan fingerprint density at radius 2 is 1.69 bits per heavy atom. The van der Waals surface area contributed by atoms with Crippen molar-refractivity contribution in [3.63, 3.8) is 0 Å². The Kier molecular flexibility index (Phi) is 5.81. The Hall–Kier alpha value is -2.95. The Bertz CT molecular complexity index is 1190. The van der Waals surface area contributed by atoms with Crippen LogP contribution in [0.25, 0.3) is 6.08 Å². The molecule has 2 aromatic carbocycles. The van der Waals surface area contributed by atoms with Crippen molar-refractivity contribution < 1.29 is 4.79 Å². The van der Waals surface area contributed by atoms with Crippen LogP contribution in [0.4, 0.5) is 0 Å². The van der Waals surface area contributed by atoms with E-state index >= 15 is 0 Å². The van der Waals surface area contributed by atoms with Crippen LogP contribution in [0.5, 0.6) is 0 Å². The normalized spacial score (nSPS) is 21.4. The fourth-order valence-electron chi connectivity index (χ4n) is 4.53. The molecule has 3 aromatic rings. The lowest BCUT2D eigenvalue weighted by Crippen LogP contribution is -2.32. The smallest absolute Gasteiger partial charge is 0.265 e. The molecule has 1 amide bonds. The molecule has 0 bridgehead atoms. The number of hydrazone groups is 1. The molecule has 5 rings (SSSR count). The average Bonchev–Trinajstić information content (AvgIpc) is 3.22. The van der Waals surface area contributed by atoms with Gasteiger partial charge in [0.05, 0.1) is 11.8 Å². The number of fused-ring (bicyclic) bond motifs is 1. The third-order valence-electron chi connectivity index (χ3n) is 6.02. The largest absolute Gasteiger partial charge is 0.293 e. The summed E-state index contributed by atoms with van der Waals surface area (Å²) in [6.07, 6.45) is 6.73. The lowest BCUT2D eigenvalue weighted by atomic mass is 9.77.